The molecule has 1 unspecified atom stereocenters. The highest BCUT2D eigenvalue weighted by Gasteiger charge is 2.16. The van der Waals surface area contributed by atoms with Crippen molar-refractivity contribution in [1.82, 2.24) is 19.9 Å². The van der Waals surface area contributed by atoms with Crippen LogP contribution in [0.15, 0.2) is 10.7 Å². The van der Waals surface area contributed by atoms with Crippen molar-refractivity contribution in [3.8, 4) is 0 Å². The Bertz CT molecular complexity index is 623. The number of halogens is 2. The number of H-pyrrole nitrogens is 1. The van der Waals surface area contributed by atoms with Crippen LogP contribution in [0.4, 0.5) is 5.82 Å². The van der Waals surface area contributed by atoms with Gasteiger partial charge in [-0.05, 0) is 66.5 Å². The van der Waals surface area contributed by atoms with Gasteiger partial charge in [-0.1, -0.05) is 6.42 Å². The average Bonchev–Trinajstić information content (AvgIpc) is 2.80. The summed E-state index contributed by atoms with van der Waals surface area (Å²) >= 11 is 9.43. The lowest BCUT2D eigenvalue weighted by molar-refractivity contribution is 0.223. The molecule has 1 aliphatic rings. The van der Waals surface area contributed by atoms with Gasteiger partial charge in [0.25, 0.3) is 0 Å². The van der Waals surface area contributed by atoms with Crippen molar-refractivity contribution in [3.05, 3.63) is 16.0 Å². The number of likely N-dealkylation sites (tertiary alicyclic amines) is 1. The van der Waals surface area contributed by atoms with Crippen molar-refractivity contribution in [2.75, 3.05) is 25.0 Å². The second-order valence-electron chi connectivity index (χ2n) is 5.63. The average molecular weight is 373 g/mol. The van der Waals surface area contributed by atoms with Crippen LogP contribution in [0.2, 0.25) is 5.28 Å². The first-order valence-corrected chi connectivity index (χ1v) is 8.49. The Morgan fingerprint density at radius 3 is 2.90 bits per heavy atom. The number of aromatic amines is 1. The molecule has 1 atom stereocenters. The maximum Gasteiger partial charge on any atom is 0.225 e. The monoisotopic (exact) mass is 371 g/mol. The Labute approximate surface area is 137 Å². The summed E-state index contributed by atoms with van der Waals surface area (Å²) in [6, 6.07) is 2.21. The molecule has 2 N–H and O–H groups in total. The van der Waals surface area contributed by atoms with Crippen molar-refractivity contribution in [3.63, 3.8) is 0 Å². The van der Waals surface area contributed by atoms with Crippen LogP contribution < -0.4 is 5.32 Å². The summed E-state index contributed by atoms with van der Waals surface area (Å²) in [6.07, 6.45) is 3.97. The molecule has 3 heterocycles. The lowest BCUT2D eigenvalue weighted by Crippen LogP contribution is -2.38. The number of aromatic nitrogens is 3. The second-order valence-corrected chi connectivity index (χ2v) is 6.82. The second kappa shape index (κ2) is 6.50. The molecule has 2 aromatic heterocycles. The van der Waals surface area contributed by atoms with Crippen LogP contribution in [-0.4, -0.2) is 45.5 Å². The molecular formula is C14H19BrClN5. The lowest BCUT2D eigenvalue weighted by Gasteiger charge is -2.29. The van der Waals surface area contributed by atoms with Crippen molar-refractivity contribution in [2.45, 2.75) is 32.2 Å². The van der Waals surface area contributed by atoms with Gasteiger partial charge in [0, 0.05) is 12.6 Å². The Hall–Kier alpha value is -0.850. The van der Waals surface area contributed by atoms with E-state index >= 15 is 0 Å². The molecule has 0 spiro atoms. The van der Waals surface area contributed by atoms with E-state index in [1.807, 2.05) is 6.07 Å². The zero-order valence-corrected chi connectivity index (χ0v) is 14.3. The van der Waals surface area contributed by atoms with Gasteiger partial charge in [-0.25, -0.2) is 4.98 Å². The van der Waals surface area contributed by atoms with E-state index in [1.165, 1.54) is 32.4 Å². The molecule has 0 aliphatic carbocycles. The first-order valence-electron chi connectivity index (χ1n) is 7.32. The molecule has 5 nitrogen and oxygen atoms in total. The number of hydrogen-bond donors (Lipinski definition) is 2. The molecule has 7 heteroatoms. The summed E-state index contributed by atoms with van der Waals surface area (Å²) in [7, 11) is 0. The van der Waals surface area contributed by atoms with Gasteiger partial charge in [0.1, 0.15) is 5.52 Å². The van der Waals surface area contributed by atoms with E-state index in [2.05, 4.69) is 48.0 Å². The Kier molecular flexibility index (Phi) is 4.66. The molecule has 1 aliphatic heterocycles. The van der Waals surface area contributed by atoms with Gasteiger partial charge in [-0.15, -0.1) is 0 Å². The first-order chi connectivity index (χ1) is 10.1. The van der Waals surface area contributed by atoms with Gasteiger partial charge < -0.3 is 15.2 Å². The molecule has 3 rings (SSSR count). The molecule has 0 saturated carbocycles. The lowest BCUT2D eigenvalue weighted by atomic mass is 10.1. The van der Waals surface area contributed by atoms with Gasteiger partial charge in [0.05, 0.1) is 10.1 Å². The minimum absolute atomic E-state index is 0.265. The molecule has 2 aromatic rings. The van der Waals surface area contributed by atoms with Crippen LogP contribution in [0.1, 0.15) is 26.2 Å². The third-order valence-corrected chi connectivity index (χ3v) is 4.38. The number of nitrogens with one attached hydrogen (secondary N) is 2. The molecule has 0 amide bonds. The van der Waals surface area contributed by atoms with Crippen LogP contribution >= 0.6 is 27.5 Å². The fourth-order valence-electron chi connectivity index (χ4n) is 2.87. The SMILES string of the molecule is CC(CN1CCCCC1)Nc1nc(Cl)nc2cc(Br)[nH]c12. The quantitative estimate of drug-likeness (QED) is 0.804. The van der Waals surface area contributed by atoms with Gasteiger partial charge in [0.2, 0.25) is 5.28 Å². The Balaban J connectivity index is 1.74. The molecule has 21 heavy (non-hydrogen) atoms. The number of fused-ring (bicyclic) bond motifs is 1. The number of hydrogen-bond acceptors (Lipinski definition) is 4. The van der Waals surface area contributed by atoms with Gasteiger partial charge in [0.15, 0.2) is 5.82 Å². The van der Waals surface area contributed by atoms with E-state index < -0.39 is 0 Å². The predicted molar refractivity (Wildman–Crippen MR) is 90.0 cm³/mol. The smallest absolute Gasteiger partial charge is 0.225 e. The number of piperidine rings is 1. The maximum atomic E-state index is 6.01. The van der Waals surface area contributed by atoms with E-state index in [9.17, 15) is 0 Å². The number of nitrogens with zero attached hydrogens (tertiary/aromatic N) is 3. The largest absolute Gasteiger partial charge is 0.364 e. The number of anilines is 1. The molecule has 1 fully saturated rings. The van der Waals surface area contributed by atoms with Crippen LogP contribution in [0.25, 0.3) is 11.0 Å². The number of rotatable bonds is 4. The van der Waals surface area contributed by atoms with Gasteiger partial charge in [-0.2, -0.15) is 4.98 Å². The molecular weight excluding hydrogens is 354 g/mol. The van der Waals surface area contributed by atoms with Crippen molar-refractivity contribution >= 4 is 44.4 Å². The van der Waals surface area contributed by atoms with E-state index in [-0.39, 0.29) is 5.28 Å². The minimum atomic E-state index is 0.265. The topological polar surface area (TPSA) is 56.8 Å². The van der Waals surface area contributed by atoms with Crippen LogP contribution in [0.5, 0.6) is 0 Å². The first kappa shape index (κ1) is 15.1. The van der Waals surface area contributed by atoms with Crippen molar-refractivity contribution in [2.24, 2.45) is 0 Å². The summed E-state index contributed by atoms with van der Waals surface area (Å²) in [5, 5.41) is 3.72. The highest BCUT2D eigenvalue weighted by molar-refractivity contribution is 9.10. The highest BCUT2D eigenvalue weighted by Crippen LogP contribution is 2.25. The van der Waals surface area contributed by atoms with E-state index in [4.69, 9.17) is 11.6 Å². The molecule has 0 aromatic carbocycles. The highest BCUT2D eigenvalue weighted by atomic mass is 79.9. The fourth-order valence-corrected chi connectivity index (χ4v) is 3.46. The Morgan fingerprint density at radius 1 is 1.38 bits per heavy atom. The predicted octanol–water partition coefficient (Wildman–Crippen LogP) is 3.66. The zero-order chi connectivity index (χ0) is 14.8. The van der Waals surface area contributed by atoms with Crippen molar-refractivity contribution in [1.29, 1.82) is 0 Å². The summed E-state index contributed by atoms with van der Waals surface area (Å²) in [6.45, 7) is 5.58. The molecule has 114 valence electrons. The fraction of sp³-hybridized carbons (Fsp3) is 0.571. The zero-order valence-electron chi connectivity index (χ0n) is 12.0. The molecule has 0 bridgehead atoms. The summed E-state index contributed by atoms with van der Waals surface area (Å²) < 4.78 is 0.876. The standard InChI is InChI=1S/C14H19BrClN5/c1-9(8-21-5-3-2-4-6-21)17-13-12-10(7-11(15)19-12)18-14(16)20-13/h7,9,19H,2-6,8H2,1H3,(H,17,18,20). The Morgan fingerprint density at radius 2 is 2.14 bits per heavy atom. The van der Waals surface area contributed by atoms with Crippen LogP contribution in [-0.2, 0) is 0 Å². The molecule has 1 saturated heterocycles. The molecule has 0 radical (unpaired) electrons. The van der Waals surface area contributed by atoms with Gasteiger partial charge >= 0.3 is 0 Å². The van der Waals surface area contributed by atoms with Crippen molar-refractivity contribution < 1.29 is 0 Å². The third-order valence-electron chi connectivity index (χ3n) is 3.78. The minimum Gasteiger partial charge on any atom is -0.364 e. The summed E-state index contributed by atoms with van der Waals surface area (Å²) in [5.74, 6) is 0.764. The summed E-state index contributed by atoms with van der Waals surface area (Å²) in [5.41, 5.74) is 1.70. The van der Waals surface area contributed by atoms with Crippen LogP contribution in [0.3, 0.4) is 0 Å². The van der Waals surface area contributed by atoms with Crippen LogP contribution in [0, 0.1) is 0 Å². The van der Waals surface area contributed by atoms with E-state index in [1.54, 1.807) is 0 Å². The van der Waals surface area contributed by atoms with E-state index in [0.717, 1.165) is 28.0 Å². The van der Waals surface area contributed by atoms with E-state index in [0.29, 0.717) is 6.04 Å². The summed E-state index contributed by atoms with van der Waals surface area (Å²) in [4.78, 5) is 14.3. The normalized spacial score (nSPS) is 18.0. The van der Waals surface area contributed by atoms with Gasteiger partial charge in [-0.3, -0.25) is 0 Å². The maximum absolute atomic E-state index is 6.01. The third kappa shape index (κ3) is 3.67.